The van der Waals surface area contributed by atoms with E-state index < -0.39 is 6.61 Å². The molecule has 0 saturated heterocycles. The number of aliphatic imine (C=N–C) groups is 1. The lowest BCUT2D eigenvalue weighted by molar-refractivity contribution is -0.0498. The molecule has 116 valence electrons. The van der Waals surface area contributed by atoms with E-state index in [0.29, 0.717) is 12.0 Å². The molecule has 1 aromatic carbocycles. The van der Waals surface area contributed by atoms with Crippen LogP contribution in [0.3, 0.4) is 0 Å². The van der Waals surface area contributed by atoms with Crippen molar-refractivity contribution >= 4 is 29.9 Å². The fraction of sp³-hybridized carbons (Fsp3) is 0.500. The minimum atomic E-state index is -2.77. The summed E-state index contributed by atoms with van der Waals surface area (Å²) in [6.07, 6.45) is 1.04. The number of guanidine groups is 1. The molecule has 0 unspecified atom stereocenters. The Morgan fingerprint density at radius 1 is 1.33 bits per heavy atom. The number of benzene rings is 1. The van der Waals surface area contributed by atoms with E-state index in [1.165, 1.54) is 0 Å². The third-order valence-corrected chi connectivity index (χ3v) is 3.70. The van der Waals surface area contributed by atoms with Crippen LogP contribution in [0.5, 0.6) is 5.75 Å². The van der Waals surface area contributed by atoms with Crippen LogP contribution in [0.15, 0.2) is 29.3 Å². The lowest BCUT2D eigenvalue weighted by atomic mass is 10.1. The molecule has 0 spiro atoms. The lowest BCUT2D eigenvalue weighted by Crippen LogP contribution is -2.37. The maximum atomic E-state index is 12.1. The van der Waals surface area contributed by atoms with Crippen LogP contribution in [-0.4, -0.2) is 43.6 Å². The number of likely N-dealkylation sites (N-methyl/N-ethyl adjacent to an activating group) is 1. The van der Waals surface area contributed by atoms with Gasteiger partial charge in [0.25, 0.3) is 0 Å². The Kier molecular flexibility index (Phi) is 5.23. The molecule has 0 bridgehead atoms. The molecule has 1 heterocycles. The first kappa shape index (κ1) is 16.3. The van der Waals surface area contributed by atoms with Crippen molar-refractivity contribution in [1.82, 2.24) is 10.2 Å². The Labute approximate surface area is 139 Å². The highest BCUT2D eigenvalue weighted by Gasteiger charge is 2.39. The van der Waals surface area contributed by atoms with Crippen molar-refractivity contribution in [3.63, 3.8) is 0 Å². The van der Waals surface area contributed by atoms with E-state index in [-0.39, 0.29) is 29.7 Å². The Morgan fingerprint density at radius 2 is 2.05 bits per heavy atom. The average Bonchev–Trinajstić information content (AvgIpc) is 3.05. The fourth-order valence-corrected chi connectivity index (χ4v) is 2.47. The topological polar surface area (TPSA) is 36.9 Å². The summed E-state index contributed by atoms with van der Waals surface area (Å²) in [6, 6.07) is 7.27. The number of halogens is 3. The minimum Gasteiger partial charge on any atom is -0.435 e. The number of hydrogen-bond donors (Lipinski definition) is 1. The Balaban J connectivity index is 0.00000161. The fourth-order valence-electron chi connectivity index (χ4n) is 2.47. The van der Waals surface area contributed by atoms with Crippen LogP contribution in [0, 0.1) is 0 Å². The quantitative estimate of drug-likeness (QED) is 0.778. The molecule has 0 amide bonds. The van der Waals surface area contributed by atoms with Crippen LogP contribution in [0.2, 0.25) is 0 Å². The Morgan fingerprint density at radius 3 is 2.62 bits per heavy atom. The molecule has 1 saturated carbocycles. The van der Waals surface area contributed by atoms with Gasteiger partial charge in [0.2, 0.25) is 0 Å². The number of nitrogens with one attached hydrogen (secondary N) is 1. The summed E-state index contributed by atoms with van der Waals surface area (Å²) < 4.78 is 28.5. The van der Waals surface area contributed by atoms with Gasteiger partial charge in [0.1, 0.15) is 5.75 Å². The third-order valence-electron chi connectivity index (χ3n) is 3.70. The second-order valence-electron chi connectivity index (χ2n) is 5.17. The molecule has 2 aliphatic rings. The largest absolute Gasteiger partial charge is 0.435 e. The van der Waals surface area contributed by atoms with Crippen molar-refractivity contribution in [1.29, 1.82) is 0 Å². The normalized spacial score (nSPS) is 23.6. The summed E-state index contributed by atoms with van der Waals surface area (Å²) in [7, 11) is 2.02. The van der Waals surface area contributed by atoms with Crippen LogP contribution in [0.25, 0.3) is 0 Å². The van der Waals surface area contributed by atoms with Crippen molar-refractivity contribution in [3.05, 3.63) is 29.8 Å². The van der Waals surface area contributed by atoms with Gasteiger partial charge in [-0.05, 0) is 24.1 Å². The summed E-state index contributed by atoms with van der Waals surface area (Å²) >= 11 is 0. The summed E-state index contributed by atoms with van der Waals surface area (Å²) in [4.78, 5) is 6.51. The maximum absolute atomic E-state index is 12.1. The molecular weight excluding hydrogens is 391 g/mol. The van der Waals surface area contributed by atoms with Crippen molar-refractivity contribution in [2.45, 2.75) is 25.0 Å². The molecule has 1 fully saturated rings. The standard InChI is InChI=1S/C14H17F2N3O.HI/c1-19-7-6-17-14(19)18-12-8-11(12)9-2-4-10(5-3-9)20-13(15)16;/h2-5,11-13H,6-8H2,1H3,(H,17,18);1H/t11-,12+;/m0./s1. The molecule has 1 aromatic rings. The monoisotopic (exact) mass is 409 g/mol. The van der Waals surface area contributed by atoms with E-state index in [2.05, 4.69) is 19.9 Å². The number of ether oxygens (including phenoxy) is 1. The van der Waals surface area contributed by atoms with Gasteiger partial charge in [-0.25, -0.2) is 0 Å². The lowest BCUT2D eigenvalue weighted by Gasteiger charge is -2.15. The van der Waals surface area contributed by atoms with Crippen molar-refractivity contribution in [2.24, 2.45) is 4.99 Å². The van der Waals surface area contributed by atoms with E-state index in [1.807, 2.05) is 19.2 Å². The number of alkyl halides is 2. The van der Waals surface area contributed by atoms with Crippen LogP contribution >= 0.6 is 24.0 Å². The minimum absolute atomic E-state index is 0. The number of nitrogens with zero attached hydrogens (tertiary/aromatic N) is 2. The van der Waals surface area contributed by atoms with Gasteiger partial charge in [-0.3, -0.25) is 4.99 Å². The van der Waals surface area contributed by atoms with Gasteiger partial charge < -0.3 is 15.0 Å². The maximum Gasteiger partial charge on any atom is 0.387 e. The first-order valence-electron chi connectivity index (χ1n) is 6.70. The first-order valence-corrected chi connectivity index (χ1v) is 6.70. The predicted octanol–water partition coefficient (Wildman–Crippen LogP) is 2.65. The summed E-state index contributed by atoms with van der Waals surface area (Å²) in [5.74, 6) is 1.58. The van der Waals surface area contributed by atoms with Crippen LogP contribution < -0.4 is 10.1 Å². The van der Waals surface area contributed by atoms with Crippen molar-refractivity contribution in [3.8, 4) is 5.75 Å². The molecule has 0 radical (unpaired) electrons. The second-order valence-corrected chi connectivity index (χ2v) is 5.17. The summed E-state index contributed by atoms with van der Waals surface area (Å²) in [5, 5.41) is 3.42. The highest BCUT2D eigenvalue weighted by atomic mass is 127. The van der Waals surface area contributed by atoms with Crippen LogP contribution in [-0.2, 0) is 0 Å². The zero-order valence-corrected chi connectivity index (χ0v) is 14.0. The van der Waals surface area contributed by atoms with Crippen molar-refractivity contribution < 1.29 is 13.5 Å². The number of hydrogen-bond acceptors (Lipinski definition) is 4. The van der Waals surface area contributed by atoms with E-state index in [4.69, 9.17) is 0 Å². The molecule has 21 heavy (non-hydrogen) atoms. The first-order chi connectivity index (χ1) is 9.63. The van der Waals surface area contributed by atoms with Gasteiger partial charge in [-0.2, -0.15) is 8.78 Å². The molecule has 1 N–H and O–H groups in total. The van der Waals surface area contributed by atoms with E-state index in [9.17, 15) is 8.78 Å². The zero-order chi connectivity index (χ0) is 14.1. The van der Waals surface area contributed by atoms with E-state index >= 15 is 0 Å². The van der Waals surface area contributed by atoms with Gasteiger partial charge >= 0.3 is 6.61 Å². The highest BCUT2D eigenvalue weighted by Crippen LogP contribution is 2.41. The summed E-state index contributed by atoms with van der Waals surface area (Å²) in [5.41, 5.74) is 1.14. The molecule has 1 aliphatic carbocycles. The average molecular weight is 409 g/mol. The molecule has 2 atom stereocenters. The van der Waals surface area contributed by atoms with Gasteiger partial charge in [0, 0.05) is 25.6 Å². The van der Waals surface area contributed by atoms with E-state index in [1.54, 1.807) is 12.1 Å². The van der Waals surface area contributed by atoms with Crippen LogP contribution in [0.1, 0.15) is 17.9 Å². The molecule has 3 rings (SSSR count). The second kappa shape index (κ2) is 6.76. The molecule has 1 aliphatic heterocycles. The molecular formula is C14H18F2IN3O. The van der Waals surface area contributed by atoms with Gasteiger partial charge in [-0.1, -0.05) is 12.1 Å². The Hall–Kier alpha value is -1.12. The van der Waals surface area contributed by atoms with Crippen LogP contribution in [0.4, 0.5) is 8.78 Å². The molecule has 0 aromatic heterocycles. The third kappa shape index (κ3) is 3.96. The molecule has 7 heteroatoms. The van der Waals surface area contributed by atoms with Gasteiger partial charge in [0.15, 0.2) is 5.96 Å². The smallest absolute Gasteiger partial charge is 0.387 e. The van der Waals surface area contributed by atoms with Crippen molar-refractivity contribution in [2.75, 3.05) is 20.1 Å². The number of rotatable bonds is 4. The highest BCUT2D eigenvalue weighted by molar-refractivity contribution is 14.0. The van der Waals surface area contributed by atoms with E-state index in [0.717, 1.165) is 31.0 Å². The van der Waals surface area contributed by atoms with Gasteiger partial charge in [0.05, 0.1) is 6.54 Å². The SMILES string of the molecule is CN1CCN=C1N[C@@H]1C[C@H]1c1ccc(OC(F)F)cc1.I. The van der Waals surface area contributed by atoms with Gasteiger partial charge in [-0.15, -0.1) is 24.0 Å². The predicted molar refractivity (Wildman–Crippen MR) is 87.7 cm³/mol. The summed E-state index contributed by atoms with van der Waals surface area (Å²) in [6.45, 7) is -0.970. The molecule has 4 nitrogen and oxygen atoms in total. The zero-order valence-electron chi connectivity index (χ0n) is 11.6. The Bertz CT molecular complexity index is 509.